The standard InChI is InChI=1S/C13H20N2O5S/c1-9(2)15-6-10(5-11(15)12(17)18)21(19,20)14-7-13(8-16)3-4-13/h5-6,9,14,16H,3-4,7-8H2,1-2H3,(H,17,18). The number of carboxylic acids is 1. The Morgan fingerprint density at radius 2 is 2.10 bits per heavy atom. The van der Waals surface area contributed by atoms with Gasteiger partial charge in [-0.25, -0.2) is 17.9 Å². The van der Waals surface area contributed by atoms with Gasteiger partial charge in [-0.1, -0.05) is 0 Å². The summed E-state index contributed by atoms with van der Waals surface area (Å²) in [6, 6.07) is 0.996. The summed E-state index contributed by atoms with van der Waals surface area (Å²) in [6.45, 7) is 3.67. The first-order valence-electron chi connectivity index (χ1n) is 6.76. The Morgan fingerprint density at radius 3 is 2.48 bits per heavy atom. The molecule has 118 valence electrons. The van der Waals surface area contributed by atoms with E-state index in [0.29, 0.717) is 0 Å². The highest BCUT2D eigenvalue weighted by atomic mass is 32.2. The van der Waals surface area contributed by atoms with E-state index in [1.54, 1.807) is 13.8 Å². The molecule has 8 heteroatoms. The minimum atomic E-state index is -3.78. The molecular formula is C13H20N2O5S. The van der Waals surface area contributed by atoms with Crippen LogP contribution in [0, 0.1) is 5.41 Å². The van der Waals surface area contributed by atoms with E-state index in [2.05, 4.69) is 4.72 Å². The summed E-state index contributed by atoms with van der Waals surface area (Å²) < 4.78 is 28.3. The lowest BCUT2D eigenvalue weighted by molar-refractivity contribution is 0.0683. The summed E-state index contributed by atoms with van der Waals surface area (Å²) in [5, 5.41) is 18.3. The summed E-state index contributed by atoms with van der Waals surface area (Å²) in [7, 11) is -3.78. The first-order chi connectivity index (χ1) is 9.71. The van der Waals surface area contributed by atoms with Gasteiger partial charge in [0.2, 0.25) is 10.0 Å². The van der Waals surface area contributed by atoms with Crippen molar-refractivity contribution >= 4 is 16.0 Å². The maximum Gasteiger partial charge on any atom is 0.352 e. The zero-order valence-electron chi connectivity index (χ0n) is 12.0. The normalized spacial score (nSPS) is 17.1. The SMILES string of the molecule is CC(C)n1cc(S(=O)(=O)NCC2(CO)CC2)cc1C(=O)O. The van der Waals surface area contributed by atoms with Crippen molar-refractivity contribution < 1.29 is 23.4 Å². The average Bonchev–Trinajstić information content (AvgIpc) is 3.03. The van der Waals surface area contributed by atoms with Gasteiger partial charge in [0.05, 0.1) is 0 Å². The molecule has 0 spiro atoms. The maximum atomic E-state index is 12.2. The Morgan fingerprint density at radius 1 is 1.48 bits per heavy atom. The van der Waals surface area contributed by atoms with Crippen LogP contribution in [0.25, 0.3) is 0 Å². The van der Waals surface area contributed by atoms with Gasteiger partial charge in [-0.3, -0.25) is 0 Å². The molecule has 1 fully saturated rings. The summed E-state index contributed by atoms with van der Waals surface area (Å²) in [6.07, 6.45) is 2.91. The van der Waals surface area contributed by atoms with Crippen LogP contribution in [0.1, 0.15) is 43.2 Å². The molecule has 3 N–H and O–H groups in total. The Kier molecular flexibility index (Phi) is 4.14. The molecule has 21 heavy (non-hydrogen) atoms. The van der Waals surface area contributed by atoms with E-state index >= 15 is 0 Å². The average molecular weight is 316 g/mol. The molecule has 1 aromatic rings. The van der Waals surface area contributed by atoms with E-state index in [9.17, 15) is 18.3 Å². The molecule has 0 atom stereocenters. The fraction of sp³-hybridized carbons (Fsp3) is 0.615. The number of rotatable bonds is 7. The largest absolute Gasteiger partial charge is 0.477 e. The Labute approximate surface area is 123 Å². The lowest BCUT2D eigenvalue weighted by Crippen LogP contribution is -2.31. The minimum absolute atomic E-state index is 0.0527. The van der Waals surface area contributed by atoms with E-state index in [4.69, 9.17) is 5.11 Å². The second kappa shape index (κ2) is 5.43. The molecule has 0 saturated heterocycles. The van der Waals surface area contributed by atoms with E-state index < -0.39 is 16.0 Å². The van der Waals surface area contributed by atoms with Crippen LogP contribution in [0.15, 0.2) is 17.2 Å². The number of aliphatic hydroxyl groups is 1. The topological polar surface area (TPSA) is 109 Å². The van der Waals surface area contributed by atoms with Crippen molar-refractivity contribution in [3.8, 4) is 0 Å². The molecule has 1 aliphatic rings. The number of hydrogen-bond acceptors (Lipinski definition) is 4. The second-order valence-electron chi connectivity index (χ2n) is 5.85. The van der Waals surface area contributed by atoms with Crippen LogP contribution < -0.4 is 4.72 Å². The van der Waals surface area contributed by atoms with Crippen molar-refractivity contribution in [3.63, 3.8) is 0 Å². The van der Waals surface area contributed by atoms with Gasteiger partial charge in [-0.15, -0.1) is 0 Å². The third-order valence-electron chi connectivity index (χ3n) is 3.84. The molecule has 1 aromatic heterocycles. The van der Waals surface area contributed by atoms with Gasteiger partial charge in [0.15, 0.2) is 0 Å². The van der Waals surface area contributed by atoms with Gasteiger partial charge in [0.25, 0.3) is 0 Å². The van der Waals surface area contributed by atoms with E-state index in [0.717, 1.165) is 18.9 Å². The smallest absolute Gasteiger partial charge is 0.352 e. The van der Waals surface area contributed by atoms with Crippen LogP contribution >= 0.6 is 0 Å². The zero-order chi connectivity index (χ0) is 15.8. The summed E-state index contributed by atoms with van der Waals surface area (Å²) in [5.41, 5.74) is -0.405. The molecule has 7 nitrogen and oxygen atoms in total. The Hall–Kier alpha value is -1.38. The lowest BCUT2D eigenvalue weighted by atomic mass is 10.1. The van der Waals surface area contributed by atoms with E-state index in [1.807, 2.05) is 0 Å². The molecule has 1 aliphatic carbocycles. The summed E-state index contributed by atoms with van der Waals surface area (Å²) in [5.74, 6) is -1.17. The van der Waals surface area contributed by atoms with Crippen LogP contribution in [-0.2, 0) is 10.0 Å². The van der Waals surface area contributed by atoms with Gasteiger partial charge >= 0.3 is 5.97 Å². The van der Waals surface area contributed by atoms with Gasteiger partial charge in [-0.05, 0) is 32.8 Å². The van der Waals surface area contributed by atoms with Crippen molar-refractivity contribution in [2.24, 2.45) is 5.41 Å². The third kappa shape index (κ3) is 3.28. The number of aromatic nitrogens is 1. The first-order valence-corrected chi connectivity index (χ1v) is 8.25. The fourth-order valence-electron chi connectivity index (χ4n) is 2.10. The highest BCUT2D eigenvalue weighted by Crippen LogP contribution is 2.44. The van der Waals surface area contributed by atoms with Crippen molar-refractivity contribution in [1.82, 2.24) is 9.29 Å². The van der Waals surface area contributed by atoms with Crippen LogP contribution in [-0.4, -0.2) is 42.3 Å². The molecule has 0 bridgehead atoms. The highest BCUT2D eigenvalue weighted by Gasteiger charge is 2.42. The number of hydrogen-bond donors (Lipinski definition) is 3. The molecule has 0 amide bonds. The minimum Gasteiger partial charge on any atom is -0.477 e. The first kappa shape index (κ1) is 16.0. The van der Waals surface area contributed by atoms with Crippen molar-refractivity contribution in [3.05, 3.63) is 18.0 Å². The van der Waals surface area contributed by atoms with Crippen LogP contribution in [0.3, 0.4) is 0 Å². The number of nitrogens with one attached hydrogen (secondary N) is 1. The molecule has 0 unspecified atom stereocenters. The highest BCUT2D eigenvalue weighted by molar-refractivity contribution is 7.89. The van der Waals surface area contributed by atoms with Gasteiger partial charge in [0, 0.05) is 30.8 Å². The van der Waals surface area contributed by atoms with Crippen molar-refractivity contribution in [2.75, 3.05) is 13.2 Å². The lowest BCUT2D eigenvalue weighted by Gasteiger charge is -2.12. The number of aromatic carboxylic acids is 1. The zero-order valence-corrected chi connectivity index (χ0v) is 12.9. The van der Waals surface area contributed by atoms with Gasteiger partial charge in [-0.2, -0.15) is 0 Å². The van der Waals surface area contributed by atoms with Crippen LogP contribution in [0.2, 0.25) is 0 Å². The fourth-order valence-corrected chi connectivity index (χ4v) is 3.28. The number of carboxylic acid groups (broad SMARTS) is 1. The molecular weight excluding hydrogens is 296 g/mol. The van der Waals surface area contributed by atoms with Crippen molar-refractivity contribution in [1.29, 1.82) is 0 Å². The third-order valence-corrected chi connectivity index (χ3v) is 5.21. The molecule has 1 saturated carbocycles. The predicted molar refractivity (Wildman–Crippen MR) is 75.7 cm³/mol. The predicted octanol–water partition coefficient (Wildman–Crippen LogP) is 0.818. The number of carbonyl (C=O) groups is 1. The number of aliphatic hydroxyl groups excluding tert-OH is 1. The molecule has 2 rings (SSSR count). The molecule has 1 heterocycles. The van der Waals surface area contributed by atoms with Gasteiger partial charge < -0.3 is 14.8 Å². The summed E-state index contributed by atoms with van der Waals surface area (Å²) >= 11 is 0. The number of nitrogens with zero attached hydrogens (tertiary/aromatic N) is 1. The second-order valence-corrected chi connectivity index (χ2v) is 7.62. The Bertz CT molecular complexity index is 644. The molecule has 0 radical (unpaired) electrons. The summed E-state index contributed by atoms with van der Waals surface area (Å²) in [4.78, 5) is 11.1. The maximum absolute atomic E-state index is 12.2. The number of sulfonamides is 1. The quantitative estimate of drug-likeness (QED) is 0.690. The van der Waals surface area contributed by atoms with Gasteiger partial charge in [0.1, 0.15) is 10.6 Å². The van der Waals surface area contributed by atoms with Crippen molar-refractivity contribution in [2.45, 2.75) is 37.6 Å². The van der Waals surface area contributed by atoms with Crippen LogP contribution in [0.5, 0.6) is 0 Å². The monoisotopic (exact) mass is 316 g/mol. The molecule has 0 aromatic carbocycles. The van der Waals surface area contributed by atoms with E-state index in [1.165, 1.54) is 10.8 Å². The Balaban J connectivity index is 2.24. The molecule has 0 aliphatic heterocycles. The van der Waals surface area contributed by atoms with Crippen LogP contribution in [0.4, 0.5) is 0 Å². The van der Waals surface area contributed by atoms with E-state index in [-0.39, 0.29) is 35.2 Å².